The summed E-state index contributed by atoms with van der Waals surface area (Å²) in [6, 6.07) is 5.13. The Bertz CT molecular complexity index is 777. The Labute approximate surface area is 120 Å². The van der Waals surface area contributed by atoms with Crippen molar-refractivity contribution in [2.45, 2.75) is 26.3 Å². The van der Waals surface area contributed by atoms with Gasteiger partial charge in [0.05, 0.1) is 17.6 Å². The first-order valence-electron chi connectivity index (χ1n) is 6.67. The van der Waals surface area contributed by atoms with Crippen LogP contribution >= 0.6 is 0 Å². The monoisotopic (exact) mass is 286 g/mol. The van der Waals surface area contributed by atoms with Gasteiger partial charge in [-0.1, -0.05) is 18.1 Å². The van der Waals surface area contributed by atoms with Crippen LogP contribution < -0.4 is 0 Å². The number of aromatic carboxylic acids is 1. The zero-order valence-electron chi connectivity index (χ0n) is 11.5. The molecule has 0 saturated carbocycles. The summed E-state index contributed by atoms with van der Waals surface area (Å²) < 4.78 is 6.69. The minimum absolute atomic E-state index is 0.205. The molecule has 0 aliphatic rings. The van der Waals surface area contributed by atoms with E-state index >= 15 is 0 Å². The average Bonchev–Trinajstić information content (AvgIpc) is 3.08. The second-order valence-corrected chi connectivity index (χ2v) is 4.69. The number of imidazole rings is 1. The van der Waals surface area contributed by atoms with Crippen LogP contribution in [-0.2, 0) is 13.0 Å². The zero-order valence-corrected chi connectivity index (χ0v) is 11.5. The summed E-state index contributed by atoms with van der Waals surface area (Å²) in [4.78, 5) is 19.8. The molecule has 0 unspecified atom stereocenters. The Morgan fingerprint density at radius 2 is 2.29 bits per heavy atom. The summed E-state index contributed by atoms with van der Waals surface area (Å²) in [5.74, 6) is 0.381. The van der Waals surface area contributed by atoms with Crippen molar-refractivity contribution >= 4 is 17.0 Å². The van der Waals surface area contributed by atoms with Gasteiger partial charge in [-0.3, -0.25) is 0 Å². The minimum Gasteiger partial charge on any atom is -0.478 e. The number of carboxylic acid groups (broad SMARTS) is 1. The lowest BCUT2D eigenvalue weighted by molar-refractivity contribution is 0.0699. The molecule has 0 aliphatic heterocycles. The number of hydrogen-bond donors (Lipinski definition) is 1. The van der Waals surface area contributed by atoms with Crippen molar-refractivity contribution in [3.63, 3.8) is 0 Å². The zero-order chi connectivity index (χ0) is 14.8. The van der Waals surface area contributed by atoms with Crippen LogP contribution in [0.3, 0.4) is 0 Å². The molecule has 2 heterocycles. The topological polar surface area (TPSA) is 94.0 Å². The van der Waals surface area contributed by atoms with Gasteiger partial charge in [-0.2, -0.15) is 4.98 Å². The van der Waals surface area contributed by atoms with Gasteiger partial charge in [0.2, 0.25) is 6.39 Å². The van der Waals surface area contributed by atoms with E-state index in [1.54, 1.807) is 12.1 Å². The molecule has 2 aromatic heterocycles. The van der Waals surface area contributed by atoms with Crippen LogP contribution in [0.25, 0.3) is 11.0 Å². The second-order valence-electron chi connectivity index (χ2n) is 4.69. The van der Waals surface area contributed by atoms with E-state index in [2.05, 4.69) is 22.0 Å². The number of aromatic nitrogens is 4. The maximum Gasteiger partial charge on any atom is 0.337 e. The number of nitrogens with zero attached hydrogens (tertiary/aromatic N) is 4. The fourth-order valence-corrected chi connectivity index (χ4v) is 2.36. The van der Waals surface area contributed by atoms with Crippen molar-refractivity contribution in [1.82, 2.24) is 19.7 Å². The molecule has 3 aromatic rings. The second kappa shape index (κ2) is 5.35. The summed E-state index contributed by atoms with van der Waals surface area (Å²) in [7, 11) is 0. The summed E-state index contributed by atoms with van der Waals surface area (Å²) in [5.41, 5.74) is 1.47. The molecule has 7 nitrogen and oxygen atoms in total. The van der Waals surface area contributed by atoms with E-state index in [-0.39, 0.29) is 5.56 Å². The molecule has 0 atom stereocenters. The molecule has 0 saturated heterocycles. The molecule has 0 bridgehead atoms. The number of benzene rings is 1. The number of fused-ring (bicyclic) bond motifs is 1. The van der Waals surface area contributed by atoms with Crippen molar-refractivity contribution in [1.29, 1.82) is 0 Å². The first-order chi connectivity index (χ1) is 10.2. The van der Waals surface area contributed by atoms with Gasteiger partial charge in [-0.15, -0.1) is 0 Å². The maximum absolute atomic E-state index is 11.3. The Morgan fingerprint density at radius 1 is 1.43 bits per heavy atom. The fourth-order valence-electron chi connectivity index (χ4n) is 2.36. The van der Waals surface area contributed by atoms with Crippen LogP contribution in [0.15, 0.2) is 29.1 Å². The van der Waals surface area contributed by atoms with Crippen LogP contribution in [0.2, 0.25) is 0 Å². The van der Waals surface area contributed by atoms with Crippen molar-refractivity contribution in [3.8, 4) is 0 Å². The predicted molar refractivity (Wildman–Crippen MR) is 74.1 cm³/mol. The van der Waals surface area contributed by atoms with Gasteiger partial charge in [0, 0.05) is 6.42 Å². The minimum atomic E-state index is -0.979. The van der Waals surface area contributed by atoms with Gasteiger partial charge >= 0.3 is 5.97 Å². The van der Waals surface area contributed by atoms with Gasteiger partial charge in [-0.25, -0.2) is 9.78 Å². The quantitative estimate of drug-likeness (QED) is 0.772. The van der Waals surface area contributed by atoms with Crippen molar-refractivity contribution < 1.29 is 14.4 Å². The van der Waals surface area contributed by atoms with Crippen molar-refractivity contribution in [3.05, 3.63) is 41.8 Å². The van der Waals surface area contributed by atoms with Crippen LogP contribution in [0.5, 0.6) is 0 Å². The van der Waals surface area contributed by atoms with E-state index in [9.17, 15) is 9.90 Å². The molecule has 0 amide bonds. The standard InChI is InChI=1S/C14H14N4O3/c1-2-4-12-16-13-9(14(19)20)5-3-6-10(13)18(12)7-11-15-8-21-17-11/h3,5-6,8H,2,4,7H2,1H3,(H,19,20). The third-order valence-corrected chi connectivity index (χ3v) is 3.27. The molecule has 0 fully saturated rings. The number of rotatable bonds is 5. The first-order valence-corrected chi connectivity index (χ1v) is 6.67. The maximum atomic E-state index is 11.3. The highest BCUT2D eigenvalue weighted by atomic mass is 16.5. The van der Waals surface area contributed by atoms with Gasteiger partial charge in [-0.05, 0) is 18.6 Å². The summed E-state index contributed by atoms with van der Waals surface area (Å²) in [6.07, 6.45) is 2.94. The van der Waals surface area contributed by atoms with E-state index < -0.39 is 5.97 Å². The van der Waals surface area contributed by atoms with Crippen LogP contribution in [-0.4, -0.2) is 30.8 Å². The highest BCUT2D eigenvalue weighted by Crippen LogP contribution is 2.22. The van der Waals surface area contributed by atoms with Crippen molar-refractivity contribution in [2.75, 3.05) is 0 Å². The molecule has 7 heteroatoms. The highest BCUT2D eigenvalue weighted by molar-refractivity contribution is 6.01. The molecule has 0 radical (unpaired) electrons. The number of para-hydroxylation sites is 1. The number of aryl methyl sites for hydroxylation is 1. The molecule has 108 valence electrons. The molecule has 1 aromatic carbocycles. The van der Waals surface area contributed by atoms with Crippen LogP contribution in [0.4, 0.5) is 0 Å². The fraction of sp³-hybridized carbons (Fsp3) is 0.286. The molecule has 3 rings (SSSR count). The first kappa shape index (κ1) is 13.3. The smallest absolute Gasteiger partial charge is 0.337 e. The average molecular weight is 286 g/mol. The van der Waals surface area contributed by atoms with E-state index in [0.29, 0.717) is 17.9 Å². The molecule has 0 spiro atoms. The largest absolute Gasteiger partial charge is 0.478 e. The van der Waals surface area contributed by atoms with E-state index in [0.717, 1.165) is 24.2 Å². The lowest BCUT2D eigenvalue weighted by atomic mass is 10.2. The third-order valence-electron chi connectivity index (χ3n) is 3.27. The van der Waals surface area contributed by atoms with Gasteiger partial charge in [0.25, 0.3) is 0 Å². The summed E-state index contributed by atoms with van der Waals surface area (Å²) in [6.45, 7) is 2.46. The lowest BCUT2D eigenvalue weighted by Crippen LogP contribution is -2.06. The van der Waals surface area contributed by atoms with E-state index in [4.69, 9.17) is 4.52 Å². The molecular weight excluding hydrogens is 272 g/mol. The third kappa shape index (κ3) is 2.37. The molecule has 21 heavy (non-hydrogen) atoms. The normalized spacial score (nSPS) is 11.1. The van der Waals surface area contributed by atoms with Crippen LogP contribution in [0.1, 0.15) is 35.4 Å². The summed E-state index contributed by atoms with van der Waals surface area (Å²) in [5, 5.41) is 13.1. The van der Waals surface area contributed by atoms with Gasteiger partial charge < -0.3 is 14.2 Å². The lowest BCUT2D eigenvalue weighted by Gasteiger charge is -2.05. The van der Waals surface area contributed by atoms with Gasteiger partial charge in [0.1, 0.15) is 11.3 Å². The SMILES string of the molecule is CCCc1nc2c(C(=O)O)cccc2n1Cc1ncon1. The van der Waals surface area contributed by atoms with E-state index in [1.165, 1.54) is 6.39 Å². The number of carbonyl (C=O) groups is 1. The van der Waals surface area contributed by atoms with E-state index in [1.807, 2.05) is 10.6 Å². The number of hydrogen-bond acceptors (Lipinski definition) is 5. The Morgan fingerprint density at radius 3 is 2.95 bits per heavy atom. The Kier molecular flexibility index (Phi) is 3.39. The molecular formula is C14H14N4O3. The Balaban J connectivity index is 2.17. The van der Waals surface area contributed by atoms with Crippen molar-refractivity contribution in [2.24, 2.45) is 0 Å². The number of carboxylic acids is 1. The Hall–Kier alpha value is -2.70. The van der Waals surface area contributed by atoms with Crippen LogP contribution in [0, 0.1) is 0 Å². The summed E-state index contributed by atoms with van der Waals surface area (Å²) >= 11 is 0. The molecule has 1 N–H and O–H groups in total. The highest BCUT2D eigenvalue weighted by Gasteiger charge is 2.17. The molecule has 0 aliphatic carbocycles. The predicted octanol–water partition coefficient (Wildman–Crippen LogP) is 2.12. The van der Waals surface area contributed by atoms with Gasteiger partial charge in [0.15, 0.2) is 5.82 Å².